The van der Waals surface area contributed by atoms with Gasteiger partial charge in [0.05, 0.1) is 0 Å². The Kier molecular flexibility index (Phi) is 5.39. The third kappa shape index (κ3) is 4.48. The first-order valence-corrected chi connectivity index (χ1v) is 9.27. The molecule has 1 aromatic carbocycles. The highest BCUT2D eigenvalue weighted by molar-refractivity contribution is 5.84. The molecule has 2 aliphatic rings. The van der Waals surface area contributed by atoms with Crippen LogP contribution in [0.5, 0.6) is 11.5 Å². The van der Waals surface area contributed by atoms with Crippen LogP contribution in [0.3, 0.4) is 0 Å². The average molecular weight is 361 g/mol. The van der Waals surface area contributed by atoms with Crippen molar-refractivity contribution in [3.8, 4) is 11.5 Å². The summed E-state index contributed by atoms with van der Waals surface area (Å²) in [5, 5.41) is 2.92. The summed E-state index contributed by atoms with van der Waals surface area (Å²) in [6.45, 7) is 5.33. The number of nitrogens with one attached hydrogen (secondary N) is 1. The minimum absolute atomic E-state index is 0.201. The molecule has 0 saturated heterocycles. The predicted octanol–water partition coefficient (Wildman–Crippen LogP) is 2.77. The number of para-hydroxylation sites is 1. The van der Waals surface area contributed by atoms with Crippen LogP contribution >= 0.6 is 0 Å². The fraction of sp³-hybridized carbons (Fsp3) is 0.600. The second kappa shape index (κ2) is 7.56. The molecular weight excluding hydrogens is 334 g/mol. The van der Waals surface area contributed by atoms with Crippen LogP contribution in [0, 0.1) is 0 Å². The monoisotopic (exact) mass is 361 g/mol. The van der Waals surface area contributed by atoms with Gasteiger partial charge in [0.25, 0.3) is 5.91 Å². The first kappa shape index (κ1) is 18.5. The van der Waals surface area contributed by atoms with Gasteiger partial charge in [0.1, 0.15) is 5.60 Å². The highest BCUT2D eigenvalue weighted by atomic mass is 16.6. The summed E-state index contributed by atoms with van der Waals surface area (Å²) in [4.78, 5) is 24.1. The molecule has 0 radical (unpaired) electrons. The normalized spacial score (nSPS) is 19.3. The topological polar surface area (TPSA) is 73.9 Å². The Hall–Kier alpha value is -2.24. The van der Waals surface area contributed by atoms with Crippen LogP contribution in [-0.2, 0) is 20.7 Å². The van der Waals surface area contributed by atoms with Crippen LogP contribution in [0.4, 0.5) is 0 Å². The van der Waals surface area contributed by atoms with Crippen molar-refractivity contribution in [3.63, 3.8) is 0 Å². The second-order valence-corrected chi connectivity index (χ2v) is 7.69. The van der Waals surface area contributed by atoms with Crippen molar-refractivity contribution in [2.45, 2.75) is 70.6 Å². The van der Waals surface area contributed by atoms with E-state index in [0.717, 1.165) is 37.7 Å². The van der Waals surface area contributed by atoms with Gasteiger partial charge in [-0.05, 0) is 39.7 Å². The number of rotatable bonds is 6. The number of carbonyl (C=O) groups is 2. The van der Waals surface area contributed by atoms with Gasteiger partial charge in [0.2, 0.25) is 0 Å². The predicted molar refractivity (Wildman–Crippen MR) is 96.3 cm³/mol. The highest BCUT2D eigenvalue weighted by Crippen LogP contribution is 2.41. The fourth-order valence-electron chi connectivity index (χ4n) is 3.51. The number of amides is 1. The number of fused-ring (bicyclic) bond motifs is 1. The van der Waals surface area contributed by atoms with Gasteiger partial charge in [0, 0.05) is 18.0 Å². The zero-order chi connectivity index (χ0) is 18.7. The number of ether oxygens (including phenoxy) is 3. The minimum atomic E-state index is -0.830. The SMILES string of the molecule is CC(OC(=O)COc1cccc2c1OC(C)(C)C2)C(=O)NC1CCCC1. The number of hydrogen-bond donors (Lipinski definition) is 1. The first-order chi connectivity index (χ1) is 12.3. The van der Waals surface area contributed by atoms with Crippen LogP contribution in [0.2, 0.25) is 0 Å². The molecule has 1 unspecified atom stereocenters. The van der Waals surface area contributed by atoms with E-state index in [1.165, 1.54) is 0 Å². The van der Waals surface area contributed by atoms with E-state index in [0.29, 0.717) is 11.5 Å². The molecule has 0 aromatic heterocycles. The van der Waals surface area contributed by atoms with E-state index in [4.69, 9.17) is 14.2 Å². The van der Waals surface area contributed by atoms with Crippen molar-refractivity contribution in [3.05, 3.63) is 23.8 Å². The van der Waals surface area contributed by atoms with E-state index >= 15 is 0 Å². The Morgan fingerprint density at radius 1 is 1.31 bits per heavy atom. The van der Waals surface area contributed by atoms with E-state index in [2.05, 4.69) is 5.32 Å². The van der Waals surface area contributed by atoms with Crippen LogP contribution in [0.1, 0.15) is 52.0 Å². The molecule has 1 saturated carbocycles. The summed E-state index contributed by atoms with van der Waals surface area (Å²) in [6.07, 6.45) is 4.21. The minimum Gasteiger partial charge on any atom is -0.483 e. The molecule has 26 heavy (non-hydrogen) atoms. The standard InChI is InChI=1S/C20H27NO5/c1-13(19(23)21-15-8-4-5-9-15)25-17(22)12-24-16-10-6-7-14-11-20(2,3)26-18(14)16/h6-7,10,13,15H,4-5,8-9,11-12H2,1-3H3,(H,21,23). The van der Waals surface area contributed by atoms with Crippen molar-refractivity contribution in [1.82, 2.24) is 5.32 Å². The molecule has 142 valence electrons. The molecule has 0 spiro atoms. The lowest BCUT2D eigenvalue weighted by molar-refractivity contribution is -0.156. The zero-order valence-corrected chi connectivity index (χ0v) is 15.7. The highest BCUT2D eigenvalue weighted by Gasteiger charge is 2.32. The van der Waals surface area contributed by atoms with Crippen LogP contribution < -0.4 is 14.8 Å². The lowest BCUT2D eigenvalue weighted by Crippen LogP contribution is -2.41. The molecule has 1 heterocycles. The largest absolute Gasteiger partial charge is 0.483 e. The Bertz CT molecular complexity index is 679. The molecule has 0 bridgehead atoms. The molecule has 1 N–H and O–H groups in total. The van der Waals surface area contributed by atoms with Crippen molar-refractivity contribution in [2.75, 3.05) is 6.61 Å². The Morgan fingerprint density at radius 2 is 2.04 bits per heavy atom. The van der Waals surface area contributed by atoms with Gasteiger partial charge in [-0.2, -0.15) is 0 Å². The Balaban J connectivity index is 1.49. The summed E-state index contributed by atoms with van der Waals surface area (Å²) < 4.78 is 16.7. The van der Waals surface area contributed by atoms with Crippen molar-refractivity contribution >= 4 is 11.9 Å². The summed E-state index contributed by atoms with van der Waals surface area (Å²) in [5.41, 5.74) is 0.778. The molecule has 1 amide bonds. The van der Waals surface area contributed by atoms with E-state index in [9.17, 15) is 9.59 Å². The maximum absolute atomic E-state index is 12.1. The lowest BCUT2D eigenvalue weighted by Gasteiger charge is -2.19. The molecule has 1 aliphatic heterocycles. The zero-order valence-electron chi connectivity index (χ0n) is 15.7. The maximum atomic E-state index is 12.1. The summed E-state index contributed by atoms with van der Waals surface area (Å²) >= 11 is 0. The second-order valence-electron chi connectivity index (χ2n) is 7.69. The van der Waals surface area contributed by atoms with Crippen LogP contribution in [-0.4, -0.2) is 36.2 Å². The van der Waals surface area contributed by atoms with E-state index in [-0.39, 0.29) is 24.2 Å². The summed E-state index contributed by atoms with van der Waals surface area (Å²) in [6, 6.07) is 5.84. The molecule has 1 atom stereocenters. The summed E-state index contributed by atoms with van der Waals surface area (Å²) in [5.74, 6) is 0.371. The molecule has 3 rings (SSSR count). The molecule has 6 nitrogen and oxygen atoms in total. The van der Waals surface area contributed by atoms with Gasteiger partial charge in [-0.25, -0.2) is 4.79 Å². The van der Waals surface area contributed by atoms with Gasteiger partial charge in [-0.15, -0.1) is 0 Å². The molecule has 1 fully saturated rings. The molecular formula is C20H27NO5. The number of carbonyl (C=O) groups excluding carboxylic acids is 2. The van der Waals surface area contributed by atoms with Gasteiger partial charge in [-0.1, -0.05) is 25.0 Å². The van der Waals surface area contributed by atoms with Crippen LogP contribution in [0.25, 0.3) is 0 Å². The van der Waals surface area contributed by atoms with E-state index in [1.807, 2.05) is 26.0 Å². The molecule has 1 aliphatic carbocycles. The molecule has 1 aromatic rings. The first-order valence-electron chi connectivity index (χ1n) is 9.27. The maximum Gasteiger partial charge on any atom is 0.344 e. The Morgan fingerprint density at radius 3 is 2.77 bits per heavy atom. The van der Waals surface area contributed by atoms with Gasteiger partial charge in [0.15, 0.2) is 24.2 Å². The average Bonchev–Trinajstić information content (AvgIpc) is 3.18. The molecule has 6 heteroatoms. The number of esters is 1. The van der Waals surface area contributed by atoms with E-state index in [1.54, 1.807) is 13.0 Å². The fourth-order valence-corrected chi connectivity index (χ4v) is 3.51. The van der Waals surface area contributed by atoms with Crippen molar-refractivity contribution < 1.29 is 23.8 Å². The van der Waals surface area contributed by atoms with Crippen LogP contribution in [0.15, 0.2) is 18.2 Å². The van der Waals surface area contributed by atoms with Crippen molar-refractivity contribution in [1.29, 1.82) is 0 Å². The smallest absolute Gasteiger partial charge is 0.344 e. The number of benzene rings is 1. The van der Waals surface area contributed by atoms with Gasteiger partial charge >= 0.3 is 5.97 Å². The Labute approximate surface area is 154 Å². The summed E-state index contributed by atoms with van der Waals surface area (Å²) in [7, 11) is 0. The van der Waals surface area contributed by atoms with Gasteiger partial charge in [-0.3, -0.25) is 4.79 Å². The van der Waals surface area contributed by atoms with E-state index < -0.39 is 12.1 Å². The van der Waals surface area contributed by atoms with Gasteiger partial charge < -0.3 is 19.5 Å². The third-order valence-electron chi connectivity index (χ3n) is 4.78. The number of hydrogen-bond acceptors (Lipinski definition) is 5. The van der Waals surface area contributed by atoms with Crippen molar-refractivity contribution in [2.24, 2.45) is 0 Å². The lowest BCUT2D eigenvalue weighted by atomic mass is 10.0. The third-order valence-corrected chi connectivity index (χ3v) is 4.78. The quantitative estimate of drug-likeness (QED) is 0.789.